The lowest BCUT2D eigenvalue weighted by Crippen LogP contribution is -2.13. The van der Waals surface area contributed by atoms with Crippen molar-refractivity contribution in [1.82, 2.24) is 0 Å². The van der Waals surface area contributed by atoms with Gasteiger partial charge in [0.1, 0.15) is 0 Å². The molecule has 1 aromatic carbocycles. The van der Waals surface area contributed by atoms with Crippen molar-refractivity contribution in [2.75, 3.05) is 25.1 Å². The van der Waals surface area contributed by atoms with E-state index in [9.17, 15) is 0 Å². The van der Waals surface area contributed by atoms with Crippen molar-refractivity contribution in [3.63, 3.8) is 0 Å². The molecule has 0 amide bonds. The van der Waals surface area contributed by atoms with Crippen molar-refractivity contribution >= 4 is 5.69 Å². The summed E-state index contributed by atoms with van der Waals surface area (Å²) in [5.41, 5.74) is 1.15. The Morgan fingerprint density at radius 3 is 2.45 bits per heavy atom. The highest BCUT2D eigenvalue weighted by atomic mass is 16.5. The molecule has 0 saturated heterocycles. The van der Waals surface area contributed by atoms with E-state index >= 15 is 0 Å². The monoisotopic (exact) mass is 275 g/mol. The average Bonchev–Trinajstić information content (AvgIpc) is 2.87. The molecule has 0 radical (unpaired) electrons. The summed E-state index contributed by atoms with van der Waals surface area (Å²) in [4.78, 5) is 0. The van der Waals surface area contributed by atoms with E-state index in [1.54, 1.807) is 0 Å². The average molecular weight is 275 g/mol. The summed E-state index contributed by atoms with van der Waals surface area (Å²) in [5, 5.41) is 3.58. The molecule has 1 fully saturated rings. The molecule has 2 aliphatic rings. The number of ether oxygens (including phenoxy) is 2. The molecule has 3 heteroatoms. The Labute approximate surface area is 121 Å². The predicted octanol–water partition coefficient (Wildman–Crippen LogP) is 4.23. The van der Waals surface area contributed by atoms with Crippen molar-refractivity contribution < 1.29 is 9.47 Å². The van der Waals surface area contributed by atoms with Crippen molar-refractivity contribution in [2.45, 2.75) is 44.9 Å². The van der Waals surface area contributed by atoms with Crippen LogP contribution in [0.3, 0.4) is 0 Å². The Bertz CT molecular complexity index is 425. The minimum absolute atomic E-state index is 0.749. The van der Waals surface area contributed by atoms with Crippen LogP contribution < -0.4 is 14.8 Å². The van der Waals surface area contributed by atoms with Gasteiger partial charge in [-0.2, -0.15) is 0 Å². The van der Waals surface area contributed by atoms with Crippen LogP contribution in [0.15, 0.2) is 18.2 Å². The van der Waals surface area contributed by atoms with Gasteiger partial charge in [0.25, 0.3) is 0 Å². The van der Waals surface area contributed by atoms with E-state index in [2.05, 4.69) is 17.4 Å². The van der Waals surface area contributed by atoms with E-state index in [1.807, 2.05) is 6.07 Å². The Hall–Kier alpha value is -1.38. The van der Waals surface area contributed by atoms with Crippen LogP contribution in [0.2, 0.25) is 0 Å². The maximum absolute atomic E-state index is 5.74. The largest absolute Gasteiger partial charge is 0.490 e. The molecule has 1 heterocycles. The quantitative estimate of drug-likeness (QED) is 0.837. The molecule has 0 atom stereocenters. The maximum atomic E-state index is 5.74. The zero-order valence-corrected chi connectivity index (χ0v) is 12.2. The molecule has 1 aliphatic carbocycles. The van der Waals surface area contributed by atoms with Gasteiger partial charge in [-0.05, 0) is 30.9 Å². The third kappa shape index (κ3) is 3.59. The highest BCUT2D eigenvalue weighted by Crippen LogP contribution is 2.32. The first-order valence-corrected chi connectivity index (χ1v) is 8.05. The zero-order chi connectivity index (χ0) is 13.6. The van der Waals surface area contributed by atoms with Crippen molar-refractivity contribution in [3.8, 4) is 11.5 Å². The SMILES string of the molecule is c1cc2c(cc1NCC1CCCCCC1)OCCCO2. The highest BCUT2D eigenvalue weighted by Gasteiger charge is 2.13. The van der Waals surface area contributed by atoms with Crippen LogP contribution in [0, 0.1) is 5.92 Å². The number of fused-ring (bicyclic) bond motifs is 1. The smallest absolute Gasteiger partial charge is 0.163 e. The first kappa shape index (κ1) is 13.6. The van der Waals surface area contributed by atoms with Gasteiger partial charge in [-0.1, -0.05) is 25.7 Å². The van der Waals surface area contributed by atoms with Gasteiger partial charge in [0.05, 0.1) is 13.2 Å². The number of nitrogens with one attached hydrogen (secondary N) is 1. The molecule has 0 bridgehead atoms. The van der Waals surface area contributed by atoms with Gasteiger partial charge in [-0.25, -0.2) is 0 Å². The van der Waals surface area contributed by atoms with Crippen LogP contribution in [0.25, 0.3) is 0 Å². The molecule has 1 N–H and O–H groups in total. The van der Waals surface area contributed by atoms with E-state index in [0.29, 0.717) is 0 Å². The van der Waals surface area contributed by atoms with Crippen LogP contribution in [0.5, 0.6) is 11.5 Å². The summed E-state index contributed by atoms with van der Waals surface area (Å²) < 4.78 is 11.4. The number of benzene rings is 1. The standard InChI is InChI=1S/C17H25NO2/c1-2-4-7-14(6-3-1)13-18-15-8-9-16-17(12-15)20-11-5-10-19-16/h8-9,12,14,18H,1-7,10-11,13H2. The van der Waals surface area contributed by atoms with Crippen LogP contribution in [-0.4, -0.2) is 19.8 Å². The molecule has 110 valence electrons. The highest BCUT2D eigenvalue weighted by molar-refractivity contribution is 5.55. The lowest BCUT2D eigenvalue weighted by Gasteiger charge is -2.16. The molecule has 3 nitrogen and oxygen atoms in total. The van der Waals surface area contributed by atoms with E-state index in [0.717, 1.165) is 49.3 Å². The van der Waals surface area contributed by atoms with Gasteiger partial charge in [0.15, 0.2) is 11.5 Å². The lowest BCUT2D eigenvalue weighted by molar-refractivity contribution is 0.297. The molecule has 1 saturated carbocycles. The van der Waals surface area contributed by atoms with E-state index in [4.69, 9.17) is 9.47 Å². The number of hydrogen-bond acceptors (Lipinski definition) is 3. The minimum atomic E-state index is 0.749. The molecule has 0 aromatic heterocycles. The van der Waals surface area contributed by atoms with Crippen molar-refractivity contribution in [1.29, 1.82) is 0 Å². The molecule has 3 rings (SSSR count). The van der Waals surface area contributed by atoms with Crippen molar-refractivity contribution in [2.24, 2.45) is 5.92 Å². The Morgan fingerprint density at radius 1 is 0.900 bits per heavy atom. The minimum Gasteiger partial charge on any atom is -0.490 e. The summed E-state index contributed by atoms with van der Waals surface area (Å²) in [6.07, 6.45) is 9.33. The third-order valence-corrected chi connectivity index (χ3v) is 4.32. The summed E-state index contributed by atoms with van der Waals surface area (Å²) in [7, 11) is 0. The fraction of sp³-hybridized carbons (Fsp3) is 0.647. The van der Waals surface area contributed by atoms with Gasteiger partial charge in [-0.15, -0.1) is 0 Å². The molecule has 0 spiro atoms. The second kappa shape index (κ2) is 6.87. The molecule has 20 heavy (non-hydrogen) atoms. The van der Waals surface area contributed by atoms with E-state index in [-0.39, 0.29) is 0 Å². The van der Waals surface area contributed by atoms with Crippen LogP contribution in [0.4, 0.5) is 5.69 Å². The number of hydrogen-bond donors (Lipinski definition) is 1. The van der Waals surface area contributed by atoms with Gasteiger partial charge >= 0.3 is 0 Å². The maximum Gasteiger partial charge on any atom is 0.163 e. The Morgan fingerprint density at radius 2 is 1.65 bits per heavy atom. The number of rotatable bonds is 3. The Balaban J connectivity index is 1.58. The first-order chi connectivity index (χ1) is 9.92. The summed E-state index contributed by atoms with van der Waals surface area (Å²) in [6.45, 7) is 2.58. The molecular formula is C17H25NO2. The molecule has 0 unspecified atom stereocenters. The third-order valence-electron chi connectivity index (χ3n) is 4.32. The van der Waals surface area contributed by atoms with Gasteiger partial charge in [0, 0.05) is 24.7 Å². The summed E-state index contributed by atoms with van der Waals surface area (Å²) in [6, 6.07) is 6.21. The number of anilines is 1. The summed E-state index contributed by atoms with van der Waals surface area (Å²) >= 11 is 0. The lowest BCUT2D eigenvalue weighted by atomic mass is 10.0. The topological polar surface area (TPSA) is 30.5 Å². The van der Waals surface area contributed by atoms with Gasteiger partial charge in [-0.3, -0.25) is 0 Å². The van der Waals surface area contributed by atoms with Crippen LogP contribution in [0.1, 0.15) is 44.9 Å². The van der Waals surface area contributed by atoms with E-state index < -0.39 is 0 Å². The first-order valence-electron chi connectivity index (χ1n) is 8.05. The van der Waals surface area contributed by atoms with Crippen LogP contribution in [-0.2, 0) is 0 Å². The predicted molar refractivity (Wildman–Crippen MR) is 81.7 cm³/mol. The molecule has 1 aliphatic heterocycles. The van der Waals surface area contributed by atoms with Gasteiger partial charge in [0.2, 0.25) is 0 Å². The van der Waals surface area contributed by atoms with Crippen molar-refractivity contribution in [3.05, 3.63) is 18.2 Å². The second-order valence-electron chi connectivity index (χ2n) is 5.95. The molecular weight excluding hydrogens is 250 g/mol. The van der Waals surface area contributed by atoms with Gasteiger partial charge < -0.3 is 14.8 Å². The zero-order valence-electron chi connectivity index (χ0n) is 12.2. The van der Waals surface area contributed by atoms with Crippen LogP contribution >= 0.6 is 0 Å². The Kier molecular flexibility index (Phi) is 4.67. The van der Waals surface area contributed by atoms with E-state index in [1.165, 1.54) is 38.5 Å². The molecule has 1 aromatic rings. The normalized spacial score (nSPS) is 20.0. The second-order valence-corrected chi connectivity index (χ2v) is 5.95. The summed E-state index contributed by atoms with van der Waals surface area (Å²) in [5.74, 6) is 2.59. The fourth-order valence-electron chi connectivity index (χ4n) is 3.10. The fourth-order valence-corrected chi connectivity index (χ4v) is 3.10.